The lowest BCUT2D eigenvalue weighted by atomic mass is 9.57. The quantitative estimate of drug-likeness (QED) is 0.609. The average Bonchev–Trinajstić information content (AvgIpc) is 2.12. The zero-order valence-corrected chi connectivity index (χ0v) is 8.81. The van der Waals surface area contributed by atoms with Crippen molar-refractivity contribution >= 4 is 0 Å². The zero-order chi connectivity index (χ0) is 9.36. The molecule has 1 unspecified atom stereocenters. The Morgan fingerprint density at radius 2 is 1.23 bits per heavy atom. The average molecular weight is 182 g/mol. The van der Waals surface area contributed by atoms with Crippen LogP contribution in [0, 0.1) is 5.41 Å². The molecule has 1 atom stereocenters. The summed E-state index contributed by atoms with van der Waals surface area (Å²) in [4.78, 5) is 0. The minimum Gasteiger partial charge on any atom is -0.390 e. The molecule has 1 spiro atoms. The Bertz CT molecular complexity index is 169. The Morgan fingerprint density at radius 1 is 0.769 bits per heavy atom. The number of aliphatic hydroxyl groups is 1. The standard InChI is InChI=1S/C12H22O/c1-11(13)7-5-6-10-12(11)8-3-2-4-9-12/h13H,2-10H2,1H3. The molecule has 0 aromatic rings. The molecule has 1 N–H and O–H groups in total. The summed E-state index contributed by atoms with van der Waals surface area (Å²) in [5.74, 6) is 0. The molecule has 1 heteroatoms. The van der Waals surface area contributed by atoms with E-state index in [4.69, 9.17) is 0 Å². The first-order valence-electron chi connectivity index (χ1n) is 5.89. The van der Waals surface area contributed by atoms with Crippen LogP contribution in [0.25, 0.3) is 0 Å². The molecule has 1 nitrogen and oxygen atoms in total. The van der Waals surface area contributed by atoms with Crippen molar-refractivity contribution in [1.82, 2.24) is 0 Å². The highest BCUT2D eigenvalue weighted by atomic mass is 16.3. The molecule has 2 fully saturated rings. The first-order valence-corrected chi connectivity index (χ1v) is 5.89. The number of hydrogen-bond donors (Lipinski definition) is 1. The molecule has 0 amide bonds. The Labute approximate surface area is 81.5 Å². The van der Waals surface area contributed by atoms with Crippen LogP contribution < -0.4 is 0 Å². The Morgan fingerprint density at radius 3 is 1.77 bits per heavy atom. The zero-order valence-electron chi connectivity index (χ0n) is 8.81. The second kappa shape index (κ2) is 3.27. The van der Waals surface area contributed by atoms with E-state index in [-0.39, 0.29) is 5.60 Å². The van der Waals surface area contributed by atoms with Gasteiger partial charge in [0.15, 0.2) is 0 Å². The van der Waals surface area contributed by atoms with Crippen molar-refractivity contribution in [3.8, 4) is 0 Å². The summed E-state index contributed by atoms with van der Waals surface area (Å²) < 4.78 is 0. The van der Waals surface area contributed by atoms with Crippen molar-refractivity contribution in [2.45, 2.75) is 70.3 Å². The molecule has 2 aliphatic carbocycles. The highest BCUT2D eigenvalue weighted by Gasteiger charge is 2.48. The van der Waals surface area contributed by atoms with E-state index in [0.717, 1.165) is 6.42 Å². The highest BCUT2D eigenvalue weighted by Crippen LogP contribution is 2.52. The van der Waals surface area contributed by atoms with Gasteiger partial charge in [-0.25, -0.2) is 0 Å². The minimum absolute atomic E-state index is 0.309. The van der Waals surface area contributed by atoms with Crippen LogP contribution in [0.5, 0.6) is 0 Å². The van der Waals surface area contributed by atoms with Crippen LogP contribution in [-0.4, -0.2) is 10.7 Å². The lowest BCUT2D eigenvalue weighted by Gasteiger charge is -2.51. The molecule has 0 radical (unpaired) electrons. The third-order valence-corrected chi connectivity index (χ3v) is 4.52. The highest BCUT2D eigenvalue weighted by molar-refractivity contribution is 4.99. The van der Waals surface area contributed by atoms with Crippen LogP contribution >= 0.6 is 0 Å². The van der Waals surface area contributed by atoms with E-state index < -0.39 is 0 Å². The van der Waals surface area contributed by atoms with E-state index in [1.165, 1.54) is 51.4 Å². The first kappa shape index (κ1) is 9.51. The van der Waals surface area contributed by atoms with Crippen molar-refractivity contribution in [2.75, 3.05) is 0 Å². The van der Waals surface area contributed by atoms with E-state index in [1.807, 2.05) is 0 Å². The lowest BCUT2D eigenvalue weighted by Crippen LogP contribution is -2.49. The van der Waals surface area contributed by atoms with Gasteiger partial charge in [0.25, 0.3) is 0 Å². The van der Waals surface area contributed by atoms with Gasteiger partial charge in [-0.15, -0.1) is 0 Å². The number of rotatable bonds is 0. The molecule has 0 aromatic heterocycles. The van der Waals surface area contributed by atoms with Crippen LogP contribution in [0.1, 0.15) is 64.7 Å². The third-order valence-electron chi connectivity index (χ3n) is 4.52. The van der Waals surface area contributed by atoms with Crippen LogP contribution in [0.2, 0.25) is 0 Å². The fourth-order valence-corrected chi connectivity index (χ4v) is 3.48. The van der Waals surface area contributed by atoms with E-state index >= 15 is 0 Å². The molecule has 0 aromatic carbocycles. The summed E-state index contributed by atoms with van der Waals surface area (Å²) in [6, 6.07) is 0. The van der Waals surface area contributed by atoms with Gasteiger partial charge in [-0.1, -0.05) is 32.1 Å². The maximum atomic E-state index is 10.4. The van der Waals surface area contributed by atoms with Gasteiger partial charge in [-0.3, -0.25) is 0 Å². The molecule has 13 heavy (non-hydrogen) atoms. The monoisotopic (exact) mass is 182 g/mol. The predicted octanol–water partition coefficient (Wildman–Crippen LogP) is 3.26. The van der Waals surface area contributed by atoms with E-state index in [1.54, 1.807) is 0 Å². The van der Waals surface area contributed by atoms with Gasteiger partial charge < -0.3 is 5.11 Å². The fraction of sp³-hybridized carbons (Fsp3) is 1.00. The molecule has 2 saturated carbocycles. The summed E-state index contributed by atoms with van der Waals surface area (Å²) in [6.07, 6.45) is 11.5. The SMILES string of the molecule is CC1(O)CCCCC12CCCCC2. The Hall–Kier alpha value is -0.0400. The maximum Gasteiger partial charge on any atom is 0.0675 e. The van der Waals surface area contributed by atoms with Gasteiger partial charge in [0.1, 0.15) is 0 Å². The minimum atomic E-state index is -0.355. The summed E-state index contributed by atoms with van der Waals surface area (Å²) >= 11 is 0. The molecule has 2 aliphatic rings. The summed E-state index contributed by atoms with van der Waals surface area (Å²) in [6.45, 7) is 2.08. The van der Waals surface area contributed by atoms with Crippen LogP contribution in [-0.2, 0) is 0 Å². The van der Waals surface area contributed by atoms with Gasteiger partial charge in [0.05, 0.1) is 5.60 Å². The van der Waals surface area contributed by atoms with Gasteiger partial charge in [-0.05, 0) is 38.0 Å². The van der Waals surface area contributed by atoms with Crippen molar-refractivity contribution in [1.29, 1.82) is 0 Å². The van der Waals surface area contributed by atoms with Crippen LogP contribution in [0.15, 0.2) is 0 Å². The summed E-state index contributed by atoms with van der Waals surface area (Å²) in [5, 5.41) is 10.4. The van der Waals surface area contributed by atoms with Crippen molar-refractivity contribution in [3.63, 3.8) is 0 Å². The molecule has 0 aliphatic heterocycles. The topological polar surface area (TPSA) is 20.2 Å². The van der Waals surface area contributed by atoms with Crippen molar-refractivity contribution < 1.29 is 5.11 Å². The normalized spacial score (nSPS) is 39.2. The second-order valence-electron chi connectivity index (χ2n) is 5.32. The van der Waals surface area contributed by atoms with Gasteiger partial charge in [0, 0.05) is 0 Å². The largest absolute Gasteiger partial charge is 0.390 e. The Balaban J connectivity index is 2.16. The molecule has 2 rings (SSSR count). The lowest BCUT2D eigenvalue weighted by molar-refractivity contribution is -0.119. The molecule has 0 bridgehead atoms. The van der Waals surface area contributed by atoms with E-state index in [0.29, 0.717) is 5.41 Å². The fourth-order valence-electron chi connectivity index (χ4n) is 3.48. The van der Waals surface area contributed by atoms with Gasteiger partial charge in [0.2, 0.25) is 0 Å². The van der Waals surface area contributed by atoms with Crippen molar-refractivity contribution in [3.05, 3.63) is 0 Å². The Kier molecular flexibility index (Phi) is 2.39. The van der Waals surface area contributed by atoms with Gasteiger partial charge in [-0.2, -0.15) is 0 Å². The van der Waals surface area contributed by atoms with E-state index in [9.17, 15) is 5.11 Å². The van der Waals surface area contributed by atoms with Crippen LogP contribution in [0.3, 0.4) is 0 Å². The van der Waals surface area contributed by atoms with E-state index in [2.05, 4.69) is 6.92 Å². The molecule has 0 saturated heterocycles. The summed E-state index contributed by atoms with van der Waals surface area (Å²) in [7, 11) is 0. The molecule has 76 valence electrons. The maximum absolute atomic E-state index is 10.4. The van der Waals surface area contributed by atoms with Crippen molar-refractivity contribution in [2.24, 2.45) is 5.41 Å². The first-order chi connectivity index (χ1) is 6.16. The second-order valence-corrected chi connectivity index (χ2v) is 5.32. The van der Waals surface area contributed by atoms with Crippen LogP contribution in [0.4, 0.5) is 0 Å². The summed E-state index contributed by atoms with van der Waals surface area (Å²) in [5.41, 5.74) is -0.0465. The van der Waals surface area contributed by atoms with Gasteiger partial charge >= 0.3 is 0 Å². The molecular weight excluding hydrogens is 160 g/mol. The smallest absolute Gasteiger partial charge is 0.0675 e. The predicted molar refractivity (Wildman–Crippen MR) is 54.6 cm³/mol. The molecule has 0 heterocycles. The molecular formula is C12H22O. The number of hydrogen-bond acceptors (Lipinski definition) is 1. The third kappa shape index (κ3) is 1.52.